The quantitative estimate of drug-likeness (QED) is 0.185. The average molecular weight is 658 g/mol. The molecule has 3 aromatic heterocycles. The third-order valence-electron chi connectivity index (χ3n) is 9.34. The SMILES string of the molecule is c1ccc(-c2cccc(-c3cccc(-c4nc(-c5ccc6c(c5)sc5ccccc56)nc(-c5cccc6c5oc5ccccc56)n4)c3)c2)cc1. The lowest BCUT2D eigenvalue weighted by atomic mass is 9.98. The molecule has 7 aromatic carbocycles. The van der Waals surface area contributed by atoms with Crippen LogP contribution in [0.25, 0.3) is 98.5 Å². The topological polar surface area (TPSA) is 51.8 Å². The Bertz CT molecular complexity index is 2890. The van der Waals surface area contributed by atoms with E-state index in [4.69, 9.17) is 19.4 Å². The van der Waals surface area contributed by atoms with Gasteiger partial charge in [-0.15, -0.1) is 11.3 Å². The molecule has 50 heavy (non-hydrogen) atoms. The molecule has 10 aromatic rings. The van der Waals surface area contributed by atoms with Crippen molar-refractivity contribution in [3.8, 4) is 56.4 Å². The molecule has 4 nitrogen and oxygen atoms in total. The third kappa shape index (κ3) is 4.87. The third-order valence-corrected chi connectivity index (χ3v) is 10.5. The number of furan rings is 1. The Labute approximate surface area is 292 Å². The lowest BCUT2D eigenvalue weighted by Gasteiger charge is -2.11. The van der Waals surface area contributed by atoms with Crippen LogP contribution in [0.4, 0.5) is 0 Å². The number of aromatic nitrogens is 3. The van der Waals surface area contributed by atoms with Crippen LogP contribution in [0.15, 0.2) is 168 Å². The fraction of sp³-hybridized carbons (Fsp3) is 0. The van der Waals surface area contributed by atoms with Crippen molar-refractivity contribution >= 4 is 53.4 Å². The number of para-hydroxylation sites is 2. The summed E-state index contributed by atoms with van der Waals surface area (Å²) in [5.74, 6) is 1.80. The Morgan fingerprint density at radius 3 is 1.74 bits per heavy atom. The molecule has 0 spiro atoms. The number of hydrogen-bond acceptors (Lipinski definition) is 5. The van der Waals surface area contributed by atoms with E-state index in [1.807, 2.05) is 36.4 Å². The molecule has 0 aliphatic carbocycles. The Balaban J connectivity index is 1.15. The highest BCUT2D eigenvalue weighted by Crippen LogP contribution is 2.38. The first-order valence-electron chi connectivity index (χ1n) is 16.6. The van der Waals surface area contributed by atoms with E-state index in [1.165, 1.54) is 31.3 Å². The lowest BCUT2D eigenvalue weighted by molar-refractivity contribution is 0.669. The molecular formula is C45H27N3OS. The van der Waals surface area contributed by atoms with Gasteiger partial charge in [0.05, 0.1) is 5.56 Å². The molecule has 0 amide bonds. The van der Waals surface area contributed by atoms with Crippen molar-refractivity contribution in [3.63, 3.8) is 0 Å². The van der Waals surface area contributed by atoms with Gasteiger partial charge in [-0.3, -0.25) is 0 Å². The fourth-order valence-corrected chi connectivity index (χ4v) is 8.03. The summed E-state index contributed by atoms with van der Waals surface area (Å²) in [7, 11) is 0. The zero-order valence-electron chi connectivity index (χ0n) is 26.7. The van der Waals surface area contributed by atoms with Crippen molar-refractivity contribution in [1.29, 1.82) is 0 Å². The van der Waals surface area contributed by atoms with E-state index < -0.39 is 0 Å². The van der Waals surface area contributed by atoms with Crippen LogP contribution in [0, 0.1) is 0 Å². The molecule has 0 aliphatic rings. The van der Waals surface area contributed by atoms with Gasteiger partial charge in [0.1, 0.15) is 11.2 Å². The number of nitrogens with zero attached hydrogens (tertiary/aromatic N) is 3. The predicted molar refractivity (Wildman–Crippen MR) is 207 cm³/mol. The molecule has 0 bridgehead atoms. The molecule has 10 rings (SSSR count). The molecule has 0 atom stereocenters. The summed E-state index contributed by atoms with van der Waals surface area (Å²) in [4.78, 5) is 15.4. The Hall–Kier alpha value is -6.43. The molecule has 0 saturated carbocycles. The molecular weight excluding hydrogens is 631 g/mol. The van der Waals surface area contributed by atoms with Crippen LogP contribution in [0.1, 0.15) is 0 Å². The number of rotatable bonds is 5. The lowest BCUT2D eigenvalue weighted by Crippen LogP contribution is -2.00. The summed E-state index contributed by atoms with van der Waals surface area (Å²) >= 11 is 1.79. The minimum Gasteiger partial charge on any atom is -0.455 e. The van der Waals surface area contributed by atoms with Crippen molar-refractivity contribution in [2.75, 3.05) is 0 Å². The molecule has 3 heterocycles. The normalized spacial score (nSPS) is 11.6. The maximum absolute atomic E-state index is 6.45. The zero-order valence-corrected chi connectivity index (χ0v) is 27.6. The van der Waals surface area contributed by atoms with Gasteiger partial charge in [-0.1, -0.05) is 127 Å². The first-order chi connectivity index (χ1) is 24.7. The van der Waals surface area contributed by atoms with Gasteiger partial charge in [0.2, 0.25) is 0 Å². The molecule has 0 saturated heterocycles. The predicted octanol–water partition coefficient (Wildman–Crippen LogP) is 12.5. The van der Waals surface area contributed by atoms with Crippen LogP contribution in [0.2, 0.25) is 0 Å². The highest BCUT2D eigenvalue weighted by atomic mass is 32.1. The highest BCUT2D eigenvalue weighted by molar-refractivity contribution is 7.25. The van der Waals surface area contributed by atoms with Crippen molar-refractivity contribution in [3.05, 3.63) is 164 Å². The highest BCUT2D eigenvalue weighted by Gasteiger charge is 2.18. The van der Waals surface area contributed by atoms with E-state index in [9.17, 15) is 0 Å². The monoisotopic (exact) mass is 657 g/mol. The van der Waals surface area contributed by atoms with E-state index in [0.29, 0.717) is 17.5 Å². The van der Waals surface area contributed by atoms with Crippen molar-refractivity contribution in [2.45, 2.75) is 0 Å². The maximum Gasteiger partial charge on any atom is 0.167 e. The second-order valence-electron chi connectivity index (χ2n) is 12.4. The molecule has 0 radical (unpaired) electrons. The van der Waals surface area contributed by atoms with Gasteiger partial charge in [-0.25, -0.2) is 15.0 Å². The summed E-state index contributed by atoms with van der Waals surface area (Å²) in [6.45, 7) is 0. The van der Waals surface area contributed by atoms with Crippen molar-refractivity contribution in [1.82, 2.24) is 15.0 Å². The Morgan fingerprint density at radius 2 is 0.920 bits per heavy atom. The van der Waals surface area contributed by atoms with E-state index in [2.05, 4.69) is 127 Å². The van der Waals surface area contributed by atoms with E-state index in [1.54, 1.807) is 11.3 Å². The van der Waals surface area contributed by atoms with Crippen molar-refractivity contribution < 1.29 is 4.42 Å². The van der Waals surface area contributed by atoms with Crippen LogP contribution in [-0.4, -0.2) is 15.0 Å². The summed E-state index contributed by atoms with van der Waals surface area (Å²) in [6.07, 6.45) is 0. The fourth-order valence-electron chi connectivity index (χ4n) is 6.89. The van der Waals surface area contributed by atoms with Gasteiger partial charge in [0.15, 0.2) is 17.5 Å². The molecule has 5 heteroatoms. The minimum atomic E-state index is 0.572. The molecule has 0 N–H and O–H groups in total. The molecule has 0 fully saturated rings. The second kappa shape index (κ2) is 11.6. The minimum absolute atomic E-state index is 0.572. The smallest absolute Gasteiger partial charge is 0.167 e. The summed E-state index contributed by atoms with van der Waals surface area (Å²) in [5.41, 5.74) is 8.88. The molecule has 0 unspecified atom stereocenters. The number of hydrogen-bond donors (Lipinski definition) is 0. The summed E-state index contributed by atoms with van der Waals surface area (Å²) < 4.78 is 8.91. The maximum atomic E-state index is 6.45. The average Bonchev–Trinajstić information content (AvgIpc) is 3.76. The van der Waals surface area contributed by atoms with Crippen LogP contribution in [0.5, 0.6) is 0 Å². The van der Waals surface area contributed by atoms with E-state index >= 15 is 0 Å². The molecule has 234 valence electrons. The van der Waals surface area contributed by atoms with Crippen LogP contribution >= 0.6 is 11.3 Å². The first-order valence-corrected chi connectivity index (χ1v) is 17.4. The Morgan fingerprint density at radius 1 is 0.360 bits per heavy atom. The van der Waals surface area contributed by atoms with E-state index in [0.717, 1.165) is 49.8 Å². The summed E-state index contributed by atoms with van der Waals surface area (Å²) in [6, 6.07) is 56.9. The number of fused-ring (bicyclic) bond motifs is 6. The van der Waals surface area contributed by atoms with Crippen LogP contribution in [-0.2, 0) is 0 Å². The number of benzene rings is 7. The summed E-state index contributed by atoms with van der Waals surface area (Å²) in [5, 5.41) is 4.61. The standard InChI is InChI=1S/C45H27N3OS/c1-2-11-28(12-3-1)29-13-8-14-30(25-29)31-15-9-16-32(26-31)43-46-44(33-23-24-36-35-18-5-7-22-40(35)50-41(36)27-33)48-45(47-43)38-20-10-19-37-34-17-4-6-21-39(34)49-42(37)38/h1-27H. The van der Waals surface area contributed by atoms with E-state index in [-0.39, 0.29) is 0 Å². The first kappa shape index (κ1) is 28.6. The van der Waals surface area contributed by atoms with Gasteiger partial charge < -0.3 is 4.42 Å². The van der Waals surface area contributed by atoms with Gasteiger partial charge in [-0.05, 0) is 58.7 Å². The van der Waals surface area contributed by atoms with Gasteiger partial charge >= 0.3 is 0 Å². The van der Waals surface area contributed by atoms with Gasteiger partial charge in [0.25, 0.3) is 0 Å². The van der Waals surface area contributed by atoms with Crippen LogP contribution in [0.3, 0.4) is 0 Å². The van der Waals surface area contributed by atoms with Crippen LogP contribution < -0.4 is 0 Å². The van der Waals surface area contributed by atoms with Crippen molar-refractivity contribution in [2.24, 2.45) is 0 Å². The van der Waals surface area contributed by atoms with Gasteiger partial charge in [-0.2, -0.15) is 0 Å². The zero-order chi connectivity index (χ0) is 33.0. The second-order valence-corrected chi connectivity index (χ2v) is 13.5. The Kier molecular flexibility index (Phi) is 6.64. The molecule has 0 aliphatic heterocycles. The number of thiophene rings is 1. The van der Waals surface area contributed by atoms with Gasteiger partial charge in [0, 0.05) is 42.1 Å². The largest absolute Gasteiger partial charge is 0.455 e.